The van der Waals surface area contributed by atoms with Crippen molar-refractivity contribution in [2.75, 3.05) is 39.2 Å². The van der Waals surface area contributed by atoms with Crippen LogP contribution in [0.4, 0.5) is 5.69 Å². The van der Waals surface area contributed by atoms with Crippen molar-refractivity contribution in [3.05, 3.63) is 54.1 Å². The number of nitrogens with one attached hydrogen (secondary N) is 1. The third kappa shape index (κ3) is 4.89. The number of methoxy groups -OCH3 is 2. The van der Waals surface area contributed by atoms with Crippen molar-refractivity contribution in [3.8, 4) is 11.5 Å². The van der Waals surface area contributed by atoms with Crippen molar-refractivity contribution in [2.45, 2.75) is 19.4 Å². The van der Waals surface area contributed by atoms with Gasteiger partial charge in [-0.25, -0.2) is 0 Å². The Morgan fingerprint density at radius 1 is 1.00 bits per heavy atom. The van der Waals surface area contributed by atoms with E-state index < -0.39 is 0 Å². The molecule has 1 aliphatic heterocycles. The monoisotopic (exact) mass is 340 g/mol. The number of anilines is 1. The minimum absolute atomic E-state index is 0.707. The molecule has 0 spiro atoms. The number of benzene rings is 2. The van der Waals surface area contributed by atoms with Crippen molar-refractivity contribution in [3.63, 3.8) is 0 Å². The summed E-state index contributed by atoms with van der Waals surface area (Å²) >= 11 is 0. The van der Waals surface area contributed by atoms with Crippen LogP contribution in [0.3, 0.4) is 0 Å². The lowest BCUT2D eigenvalue weighted by molar-refractivity contribution is 0.182. The van der Waals surface area contributed by atoms with E-state index in [1.54, 1.807) is 14.2 Å². The Hall–Kier alpha value is -2.20. The molecule has 4 nitrogen and oxygen atoms in total. The van der Waals surface area contributed by atoms with Crippen molar-refractivity contribution >= 4 is 5.69 Å². The van der Waals surface area contributed by atoms with Crippen LogP contribution in [0.5, 0.6) is 11.5 Å². The fraction of sp³-hybridized carbons (Fsp3) is 0.429. The Morgan fingerprint density at radius 3 is 2.44 bits per heavy atom. The molecule has 4 heteroatoms. The van der Waals surface area contributed by atoms with Crippen LogP contribution in [0.1, 0.15) is 18.4 Å². The molecule has 0 aromatic heterocycles. The van der Waals surface area contributed by atoms with Crippen LogP contribution in [0.25, 0.3) is 0 Å². The molecule has 0 aliphatic carbocycles. The number of rotatable bonds is 7. The highest BCUT2D eigenvalue weighted by Crippen LogP contribution is 2.30. The van der Waals surface area contributed by atoms with Gasteiger partial charge in [-0.15, -0.1) is 0 Å². The van der Waals surface area contributed by atoms with Gasteiger partial charge in [0.25, 0.3) is 0 Å². The molecule has 1 N–H and O–H groups in total. The zero-order chi connectivity index (χ0) is 17.5. The molecule has 1 heterocycles. The number of hydrogen-bond donors (Lipinski definition) is 1. The number of ether oxygens (including phenoxy) is 2. The fourth-order valence-electron chi connectivity index (χ4n) is 3.39. The number of hydrogen-bond acceptors (Lipinski definition) is 4. The van der Waals surface area contributed by atoms with Gasteiger partial charge < -0.3 is 14.8 Å². The zero-order valence-electron chi connectivity index (χ0n) is 15.2. The second-order valence-corrected chi connectivity index (χ2v) is 6.65. The molecule has 0 unspecified atom stereocenters. The molecule has 0 amide bonds. The second-order valence-electron chi connectivity index (χ2n) is 6.65. The van der Waals surface area contributed by atoms with Gasteiger partial charge in [0.15, 0.2) is 0 Å². The molecule has 2 aromatic rings. The van der Waals surface area contributed by atoms with Crippen LogP contribution in [0, 0.1) is 5.92 Å². The third-order valence-corrected chi connectivity index (χ3v) is 4.95. The predicted molar refractivity (Wildman–Crippen MR) is 102 cm³/mol. The lowest BCUT2D eigenvalue weighted by atomic mass is 9.96. The number of likely N-dealkylation sites (tertiary alicyclic amines) is 1. The molecule has 0 saturated carbocycles. The summed E-state index contributed by atoms with van der Waals surface area (Å²) in [6, 6.07) is 16.7. The summed E-state index contributed by atoms with van der Waals surface area (Å²) < 4.78 is 10.7. The average Bonchev–Trinajstić information content (AvgIpc) is 2.68. The minimum atomic E-state index is 0.707. The standard InChI is InChI=1S/C21H28N2O2/c1-24-19-8-9-20(21(14-19)25-2)22-15-17-10-12-23(13-11-17)16-18-6-4-3-5-7-18/h3-9,14,17,22H,10-13,15-16H2,1-2H3. The van der Waals surface area contributed by atoms with Gasteiger partial charge in [0.1, 0.15) is 11.5 Å². The minimum Gasteiger partial charge on any atom is -0.497 e. The summed E-state index contributed by atoms with van der Waals surface area (Å²) in [5.74, 6) is 2.36. The van der Waals surface area contributed by atoms with Gasteiger partial charge in [0.2, 0.25) is 0 Å². The topological polar surface area (TPSA) is 33.7 Å². The normalized spacial score (nSPS) is 15.8. The molecule has 1 aliphatic rings. The van der Waals surface area contributed by atoms with E-state index in [1.165, 1.54) is 31.5 Å². The molecule has 25 heavy (non-hydrogen) atoms. The van der Waals surface area contributed by atoms with Crippen molar-refractivity contribution in [1.29, 1.82) is 0 Å². The molecule has 0 bridgehead atoms. The average molecular weight is 340 g/mol. The molecular formula is C21H28N2O2. The lowest BCUT2D eigenvalue weighted by Crippen LogP contribution is -2.35. The Bertz CT molecular complexity index is 652. The largest absolute Gasteiger partial charge is 0.497 e. The summed E-state index contributed by atoms with van der Waals surface area (Å²) in [4.78, 5) is 2.56. The summed E-state index contributed by atoms with van der Waals surface area (Å²) in [6.45, 7) is 4.39. The van der Waals surface area contributed by atoms with Crippen LogP contribution < -0.4 is 14.8 Å². The van der Waals surface area contributed by atoms with Crippen LogP contribution in [-0.4, -0.2) is 38.8 Å². The van der Waals surface area contributed by atoms with Crippen molar-refractivity contribution < 1.29 is 9.47 Å². The van der Waals surface area contributed by atoms with Crippen molar-refractivity contribution in [2.24, 2.45) is 5.92 Å². The molecule has 0 atom stereocenters. The first-order valence-corrected chi connectivity index (χ1v) is 9.00. The van der Waals surface area contributed by atoms with Gasteiger partial charge in [-0.2, -0.15) is 0 Å². The van der Waals surface area contributed by atoms with E-state index >= 15 is 0 Å². The van der Waals surface area contributed by atoms with Gasteiger partial charge in [0, 0.05) is 19.2 Å². The smallest absolute Gasteiger partial charge is 0.145 e. The Kier molecular flexibility index (Phi) is 6.18. The quantitative estimate of drug-likeness (QED) is 0.825. The van der Waals surface area contributed by atoms with Gasteiger partial charge in [-0.05, 0) is 49.5 Å². The summed E-state index contributed by atoms with van der Waals surface area (Å²) in [5.41, 5.74) is 2.44. The molecule has 2 aromatic carbocycles. The summed E-state index contributed by atoms with van der Waals surface area (Å²) in [5, 5.41) is 3.55. The zero-order valence-corrected chi connectivity index (χ0v) is 15.2. The highest BCUT2D eigenvalue weighted by atomic mass is 16.5. The van der Waals surface area contributed by atoms with Gasteiger partial charge in [-0.1, -0.05) is 30.3 Å². The molecule has 1 saturated heterocycles. The first-order valence-electron chi connectivity index (χ1n) is 9.00. The first kappa shape index (κ1) is 17.6. The Balaban J connectivity index is 1.46. The summed E-state index contributed by atoms with van der Waals surface area (Å²) in [7, 11) is 3.37. The third-order valence-electron chi connectivity index (χ3n) is 4.95. The lowest BCUT2D eigenvalue weighted by Gasteiger charge is -2.32. The van der Waals surface area contributed by atoms with E-state index in [2.05, 4.69) is 40.5 Å². The highest BCUT2D eigenvalue weighted by molar-refractivity contribution is 5.59. The van der Waals surface area contributed by atoms with E-state index in [0.29, 0.717) is 5.92 Å². The highest BCUT2D eigenvalue weighted by Gasteiger charge is 2.19. The van der Waals surface area contributed by atoms with E-state index in [9.17, 15) is 0 Å². The maximum absolute atomic E-state index is 5.46. The molecule has 134 valence electrons. The van der Waals surface area contributed by atoms with Gasteiger partial charge in [0.05, 0.1) is 19.9 Å². The second kappa shape index (κ2) is 8.77. The molecule has 0 radical (unpaired) electrons. The van der Waals surface area contributed by atoms with Gasteiger partial charge in [-0.3, -0.25) is 4.90 Å². The summed E-state index contributed by atoms with van der Waals surface area (Å²) in [6.07, 6.45) is 2.47. The number of nitrogens with zero attached hydrogens (tertiary/aromatic N) is 1. The molecule has 1 fully saturated rings. The van der Waals surface area contributed by atoms with E-state index in [1.807, 2.05) is 18.2 Å². The van der Waals surface area contributed by atoms with Crippen LogP contribution in [0.2, 0.25) is 0 Å². The maximum Gasteiger partial charge on any atom is 0.145 e. The van der Waals surface area contributed by atoms with Crippen LogP contribution in [0.15, 0.2) is 48.5 Å². The SMILES string of the molecule is COc1ccc(NCC2CCN(Cc3ccccc3)CC2)c(OC)c1. The molecular weight excluding hydrogens is 312 g/mol. The Morgan fingerprint density at radius 2 is 1.76 bits per heavy atom. The first-order chi connectivity index (χ1) is 12.3. The molecule has 3 rings (SSSR count). The van der Waals surface area contributed by atoms with E-state index in [-0.39, 0.29) is 0 Å². The van der Waals surface area contributed by atoms with E-state index in [4.69, 9.17) is 9.47 Å². The number of piperidine rings is 1. The van der Waals surface area contributed by atoms with E-state index in [0.717, 1.165) is 30.3 Å². The van der Waals surface area contributed by atoms with Crippen molar-refractivity contribution in [1.82, 2.24) is 4.90 Å². The van der Waals surface area contributed by atoms with Crippen LogP contribution >= 0.6 is 0 Å². The maximum atomic E-state index is 5.46. The predicted octanol–water partition coefficient (Wildman–Crippen LogP) is 4.03. The fourth-order valence-corrected chi connectivity index (χ4v) is 3.39. The van der Waals surface area contributed by atoms with Gasteiger partial charge >= 0.3 is 0 Å². The Labute approximate surface area is 150 Å². The van der Waals surface area contributed by atoms with Crippen LogP contribution in [-0.2, 0) is 6.54 Å².